The molecule has 0 aromatic carbocycles. The minimum atomic E-state index is 0.302. The number of likely N-dealkylation sites (tertiary alicyclic amines) is 1. The Hall–Kier alpha value is -0.310. The molecule has 78 valence electrons. The van der Waals surface area contributed by atoms with E-state index in [0.717, 1.165) is 19.3 Å². The summed E-state index contributed by atoms with van der Waals surface area (Å²) in [5.41, 5.74) is 0. The molecule has 0 aromatic rings. The van der Waals surface area contributed by atoms with Gasteiger partial charge in [0.15, 0.2) is 0 Å². The molecule has 0 aromatic heterocycles. The number of hydrogen-bond donors (Lipinski definition) is 0. The number of rotatable bonds is 0. The van der Waals surface area contributed by atoms with Crippen molar-refractivity contribution in [2.75, 3.05) is 7.05 Å². The lowest BCUT2D eigenvalue weighted by Gasteiger charge is -2.33. The summed E-state index contributed by atoms with van der Waals surface area (Å²) in [6.07, 6.45) is 7.59. The smallest absolute Gasteiger partial charge is 0.222 e. The van der Waals surface area contributed by atoms with E-state index in [2.05, 4.69) is 22.0 Å². The maximum Gasteiger partial charge on any atom is 0.222 e. The Labute approximate surface area is 93.5 Å². The van der Waals surface area contributed by atoms with Crippen molar-refractivity contribution in [3.05, 3.63) is 10.6 Å². The number of likely N-dealkylation sites (N-methyl/N-ethyl adjacent to an activating group) is 1. The van der Waals surface area contributed by atoms with Crippen molar-refractivity contribution in [1.29, 1.82) is 0 Å². The Balaban J connectivity index is 2.23. The van der Waals surface area contributed by atoms with Crippen molar-refractivity contribution in [2.24, 2.45) is 5.92 Å². The molecule has 1 fully saturated rings. The van der Waals surface area contributed by atoms with Crippen molar-refractivity contribution in [3.8, 4) is 0 Å². The van der Waals surface area contributed by atoms with Crippen LogP contribution in [0.5, 0.6) is 0 Å². The molecule has 1 saturated heterocycles. The highest BCUT2D eigenvalue weighted by Gasteiger charge is 2.31. The van der Waals surface area contributed by atoms with Crippen molar-refractivity contribution in [1.82, 2.24) is 4.90 Å². The van der Waals surface area contributed by atoms with E-state index in [1.54, 1.807) is 0 Å². The molecule has 14 heavy (non-hydrogen) atoms. The molecule has 1 unspecified atom stereocenters. The molecular weight excluding hydrogens is 242 g/mol. The maximum atomic E-state index is 11.7. The normalized spacial score (nSPS) is 33.4. The Morgan fingerprint density at radius 1 is 1.43 bits per heavy atom. The summed E-state index contributed by atoms with van der Waals surface area (Å²) in [6.45, 7) is 0. The first-order valence-corrected chi connectivity index (χ1v) is 6.09. The minimum absolute atomic E-state index is 0.302. The van der Waals surface area contributed by atoms with Crippen LogP contribution in [0, 0.1) is 5.92 Å². The molecule has 1 heterocycles. The third-order valence-corrected chi connectivity index (χ3v) is 4.06. The van der Waals surface area contributed by atoms with Crippen LogP contribution in [-0.2, 0) is 4.79 Å². The van der Waals surface area contributed by atoms with Gasteiger partial charge >= 0.3 is 0 Å². The molecule has 2 aliphatic rings. The largest absolute Gasteiger partial charge is 0.339 e. The van der Waals surface area contributed by atoms with Crippen LogP contribution in [-0.4, -0.2) is 23.9 Å². The fourth-order valence-electron chi connectivity index (χ4n) is 2.50. The average molecular weight is 258 g/mol. The fraction of sp³-hybridized carbons (Fsp3) is 0.727. The standard InChI is InChI=1S/C11H16BrNO/c1-13-10-7-9(12)6-5-8(10)3-2-4-11(13)14/h7-8,10H,2-6H2,1H3/t8?,10-/m1/s1. The first-order valence-electron chi connectivity index (χ1n) is 5.30. The lowest BCUT2D eigenvalue weighted by molar-refractivity contribution is -0.131. The summed E-state index contributed by atoms with van der Waals surface area (Å²) in [4.78, 5) is 13.6. The molecule has 1 aliphatic heterocycles. The monoisotopic (exact) mass is 257 g/mol. The average Bonchev–Trinajstić information content (AvgIpc) is 2.30. The van der Waals surface area contributed by atoms with Gasteiger partial charge in [-0.25, -0.2) is 0 Å². The lowest BCUT2D eigenvalue weighted by atomic mass is 9.86. The predicted molar refractivity (Wildman–Crippen MR) is 60.1 cm³/mol. The topological polar surface area (TPSA) is 20.3 Å². The van der Waals surface area contributed by atoms with Crippen molar-refractivity contribution >= 4 is 21.8 Å². The molecular formula is C11H16BrNO. The third-order valence-electron chi connectivity index (χ3n) is 3.39. The quantitative estimate of drug-likeness (QED) is 0.654. The maximum absolute atomic E-state index is 11.7. The zero-order valence-corrected chi connectivity index (χ0v) is 10.1. The second-order valence-corrected chi connectivity index (χ2v) is 5.32. The highest BCUT2D eigenvalue weighted by molar-refractivity contribution is 9.11. The van der Waals surface area contributed by atoms with Crippen molar-refractivity contribution < 1.29 is 4.79 Å². The second kappa shape index (κ2) is 4.05. The van der Waals surface area contributed by atoms with Gasteiger partial charge in [0.1, 0.15) is 0 Å². The first-order chi connectivity index (χ1) is 6.68. The van der Waals surface area contributed by atoms with Gasteiger partial charge in [0, 0.05) is 13.5 Å². The molecule has 2 atom stereocenters. The van der Waals surface area contributed by atoms with Crippen LogP contribution in [0.2, 0.25) is 0 Å². The number of amides is 1. The summed E-state index contributed by atoms with van der Waals surface area (Å²) in [5.74, 6) is 0.990. The van der Waals surface area contributed by atoms with E-state index >= 15 is 0 Å². The van der Waals surface area contributed by atoms with Crippen LogP contribution in [0.25, 0.3) is 0 Å². The number of hydrogen-bond acceptors (Lipinski definition) is 1. The number of carbonyl (C=O) groups excluding carboxylic acids is 1. The molecule has 0 saturated carbocycles. The lowest BCUT2D eigenvalue weighted by Crippen LogP contribution is -2.39. The van der Waals surface area contributed by atoms with E-state index in [4.69, 9.17) is 0 Å². The number of halogens is 1. The molecule has 3 heteroatoms. The van der Waals surface area contributed by atoms with Crippen molar-refractivity contribution in [2.45, 2.75) is 38.1 Å². The minimum Gasteiger partial charge on any atom is -0.339 e. The molecule has 0 N–H and O–H groups in total. The van der Waals surface area contributed by atoms with Crippen molar-refractivity contribution in [3.63, 3.8) is 0 Å². The molecule has 2 nitrogen and oxygen atoms in total. The number of fused-ring (bicyclic) bond motifs is 1. The van der Waals surface area contributed by atoms with Gasteiger partial charge in [0.05, 0.1) is 6.04 Å². The van der Waals surface area contributed by atoms with Gasteiger partial charge in [-0.05, 0) is 36.1 Å². The van der Waals surface area contributed by atoms with Crippen LogP contribution in [0.3, 0.4) is 0 Å². The zero-order valence-electron chi connectivity index (χ0n) is 8.50. The van der Waals surface area contributed by atoms with Gasteiger partial charge in [0.25, 0.3) is 0 Å². The molecule has 2 rings (SSSR count). The summed E-state index contributed by atoms with van der Waals surface area (Å²) >= 11 is 3.55. The van der Waals surface area contributed by atoms with Crippen LogP contribution in [0.4, 0.5) is 0 Å². The van der Waals surface area contributed by atoms with Crippen LogP contribution >= 0.6 is 15.9 Å². The first kappa shape index (κ1) is 10.2. The highest BCUT2D eigenvalue weighted by atomic mass is 79.9. The van der Waals surface area contributed by atoms with E-state index in [1.165, 1.54) is 17.3 Å². The Morgan fingerprint density at radius 3 is 3.00 bits per heavy atom. The number of allylic oxidation sites excluding steroid dienone is 1. The second-order valence-electron chi connectivity index (χ2n) is 4.30. The Kier molecular flexibility index (Phi) is 2.96. The predicted octanol–water partition coefficient (Wildman–Crippen LogP) is 2.69. The molecule has 1 amide bonds. The highest BCUT2D eigenvalue weighted by Crippen LogP contribution is 2.34. The zero-order chi connectivity index (χ0) is 10.1. The van der Waals surface area contributed by atoms with Gasteiger partial charge in [-0.15, -0.1) is 0 Å². The Bertz CT molecular complexity index is 274. The van der Waals surface area contributed by atoms with Gasteiger partial charge in [-0.1, -0.05) is 22.0 Å². The van der Waals surface area contributed by atoms with E-state index in [0.29, 0.717) is 17.9 Å². The summed E-state index contributed by atoms with van der Waals surface area (Å²) in [6, 6.07) is 0.341. The molecule has 0 radical (unpaired) electrons. The third kappa shape index (κ3) is 1.88. The van der Waals surface area contributed by atoms with Gasteiger partial charge < -0.3 is 4.90 Å². The van der Waals surface area contributed by atoms with E-state index < -0.39 is 0 Å². The molecule has 0 bridgehead atoms. The molecule has 1 aliphatic carbocycles. The molecule has 0 spiro atoms. The van der Waals surface area contributed by atoms with Crippen LogP contribution in [0.15, 0.2) is 10.6 Å². The van der Waals surface area contributed by atoms with Gasteiger partial charge in [-0.2, -0.15) is 0 Å². The van der Waals surface area contributed by atoms with Crippen LogP contribution < -0.4 is 0 Å². The SMILES string of the molecule is CN1C(=O)CCCC2CCC(Br)=C[C@H]21. The Morgan fingerprint density at radius 2 is 2.21 bits per heavy atom. The summed E-state index contributed by atoms with van der Waals surface area (Å²) in [7, 11) is 1.94. The van der Waals surface area contributed by atoms with E-state index in [9.17, 15) is 4.79 Å². The van der Waals surface area contributed by atoms with Gasteiger partial charge in [0.2, 0.25) is 5.91 Å². The fourth-order valence-corrected chi connectivity index (χ4v) is 3.00. The summed E-state index contributed by atoms with van der Waals surface area (Å²) in [5, 5.41) is 0. The number of nitrogens with zero attached hydrogens (tertiary/aromatic N) is 1. The number of carbonyl (C=O) groups is 1. The van der Waals surface area contributed by atoms with E-state index in [-0.39, 0.29) is 0 Å². The summed E-state index contributed by atoms with van der Waals surface area (Å²) < 4.78 is 1.26. The van der Waals surface area contributed by atoms with Crippen LogP contribution in [0.1, 0.15) is 32.1 Å². The van der Waals surface area contributed by atoms with Gasteiger partial charge in [-0.3, -0.25) is 4.79 Å². The van der Waals surface area contributed by atoms with E-state index in [1.807, 2.05) is 11.9 Å².